The molecule has 1 aromatic rings. The second-order valence-electron chi connectivity index (χ2n) is 3.95. The Labute approximate surface area is 77.4 Å². The molecular weight excluding hydrogens is 166 g/mol. The average molecular weight is 179 g/mol. The fourth-order valence-corrected chi connectivity index (χ4v) is 1.18. The van der Waals surface area contributed by atoms with Crippen LogP contribution in [0.25, 0.3) is 0 Å². The molecule has 0 aliphatic heterocycles. The second-order valence-corrected chi connectivity index (χ2v) is 3.95. The molecular formula is C10H13NO2. The molecule has 0 radical (unpaired) electrons. The number of aromatic nitrogens is 1. The Hall–Kier alpha value is -1.38. The van der Waals surface area contributed by atoms with Crippen molar-refractivity contribution in [3.63, 3.8) is 0 Å². The molecule has 0 amide bonds. The molecule has 0 aliphatic rings. The molecule has 0 atom stereocenters. The van der Waals surface area contributed by atoms with E-state index in [1.165, 1.54) is 6.20 Å². The summed E-state index contributed by atoms with van der Waals surface area (Å²) >= 11 is 0. The van der Waals surface area contributed by atoms with Gasteiger partial charge >= 0.3 is 5.97 Å². The molecule has 0 saturated heterocycles. The fraction of sp³-hybridized carbons (Fsp3) is 0.400. The van der Waals surface area contributed by atoms with Crippen molar-refractivity contribution in [3.8, 4) is 0 Å². The van der Waals surface area contributed by atoms with Crippen LogP contribution in [0, 0.1) is 0 Å². The maximum Gasteiger partial charge on any atom is 0.354 e. The average Bonchev–Trinajstić information content (AvgIpc) is 2.03. The molecule has 3 heteroatoms. The first kappa shape index (κ1) is 9.71. The Morgan fingerprint density at radius 3 is 2.46 bits per heavy atom. The molecule has 13 heavy (non-hydrogen) atoms. The summed E-state index contributed by atoms with van der Waals surface area (Å²) in [6.45, 7) is 5.91. The molecule has 0 unspecified atom stereocenters. The minimum Gasteiger partial charge on any atom is -0.477 e. The van der Waals surface area contributed by atoms with E-state index in [-0.39, 0.29) is 11.1 Å². The predicted molar refractivity (Wildman–Crippen MR) is 49.9 cm³/mol. The van der Waals surface area contributed by atoms with Crippen LogP contribution in [0.4, 0.5) is 0 Å². The summed E-state index contributed by atoms with van der Waals surface area (Å²) in [5.74, 6) is -0.967. The molecule has 70 valence electrons. The zero-order valence-electron chi connectivity index (χ0n) is 8.03. The Kier molecular flexibility index (Phi) is 2.36. The third-order valence-corrected chi connectivity index (χ3v) is 1.82. The third-order valence-electron chi connectivity index (χ3n) is 1.82. The smallest absolute Gasteiger partial charge is 0.354 e. The molecule has 0 spiro atoms. The van der Waals surface area contributed by atoms with Crippen molar-refractivity contribution in [2.24, 2.45) is 0 Å². The van der Waals surface area contributed by atoms with E-state index in [4.69, 9.17) is 5.11 Å². The van der Waals surface area contributed by atoms with Gasteiger partial charge in [0.1, 0.15) is 0 Å². The van der Waals surface area contributed by atoms with Gasteiger partial charge in [-0.25, -0.2) is 9.78 Å². The highest BCUT2D eigenvalue weighted by Crippen LogP contribution is 2.24. The molecule has 1 heterocycles. The first-order valence-electron chi connectivity index (χ1n) is 4.11. The minimum absolute atomic E-state index is 0.148. The first-order chi connectivity index (χ1) is 5.93. The van der Waals surface area contributed by atoms with Crippen LogP contribution in [0.1, 0.15) is 36.8 Å². The Morgan fingerprint density at radius 2 is 2.08 bits per heavy atom. The summed E-state index contributed by atoms with van der Waals surface area (Å²) in [5.41, 5.74) is 0.736. The van der Waals surface area contributed by atoms with Crippen LogP contribution in [-0.2, 0) is 5.41 Å². The number of carboxylic acid groups (broad SMARTS) is 1. The van der Waals surface area contributed by atoms with E-state index in [2.05, 4.69) is 4.98 Å². The Bertz CT molecular complexity index is 326. The van der Waals surface area contributed by atoms with Gasteiger partial charge in [0, 0.05) is 6.20 Å². The Balaban J connectivity index is 3.28. The van der Waals surface area contributed by atoms with Gasteiger partial charge in [-0.2, -0.15) is 0 Å². The summed E-state index contributed by atoms with van der Waals surface area (Å²) in [6.07, 6.45) is 1.50. The summed E-state index contributed by atoms with van der Waals surface area (Å²) in [5, 5.41) is 8.87. The van der Waals surface area contributed by atoms with Crippen LogP contribution in [0.5, 0.6) is 0 Å². The Morgan fingerprint density at radius 1 is 1.46 bits per heavy atom. The number of hydrogen-bond donors (Lipinski definition) is 1. The highest BCUT2D eigenvalue weighted by Gasteiger charge is 2.21. The van der Waals surface area contributed by atoms with Gasteiger partial charge in [0.2, 0.25) is 0 Å². The molecule has 0 bridgehead atoms. The van der Waals surface area contributed by atoms with Gasteiger partial charge in [-0.15, -0.1) is 0 Å². The maximum atomic E-state index is 10.8. The molecule has 0 aliphatic carbocycles. The van der Waals surface area contributed by atoms with Crippen molar-refractivity contribution in [3.05, 3.63) is 29.6 Å². The van der Waals surface area contributed by atoms with Crippen molar-refractivity contribution >= 4 is 5.97 Å². The molecule has 0 saturated carbocycles. The second kappa shape index (κ2) is 3.17. The van der Waals surface area contributed by atoms with Crippen LogP contribution >= 0.6 is 0 Å². The van der Waals surface area contributed by atoms with Crippen molar-refractivity contribution in [1.82, 2.24) is 4.98 Å². The van der Waals surface area contributed by atoms with Crippen molar-refractivity contribution in [2.75, 3.05) is 0 Å². The minimum atomic E-state index is -0.967. The number of aromatic carboxylic acids is 1. The van der Waals surface area contributed by atoms with Gasteiger partial charge in [0.15, 0.2) is 5.69 Å². The standard InChI is InChI=1S/C10H13NO2/c1-10(2,3)7-5-4-6-11-8(7)9(12)13/h4-6H,1-3H3,(H,12,13). The molecule has 1 rings (SSSR count). The highest BCUT2D eigenvalue weighted by molar-refractivity contribution is 5.87. The van der Waals surface area contributed by atoms with Gasteiger partial charge in [0.25, 0.3) is 0 Å². The van der Waals surface area contributed by atoms with Crippen molar-refractivity contribution in [1.29, 1.82) is 0 Å². The quantitative estimate of drug-likeness (QED) is 0.718. The van der Waals surface area contributed by atoms with Gasteiger partial charge in [-0.3, -0.25) is 0 Å². The lowest BCUT2D eigenvalue weighted by atomic mass is 9.86. The predicted octanol–water partition coefficient (Wildman–Crippen LogP) is 2.08. The van der Waals surface area contributed by atoms with E-state index in [1.807, 2.05) is 20.8 Å². The van der Waals surface area contributed by atoms with Gasteiger partial charge in [-0.1, -0.05) is 26.8 Å². The number of nitrogens with zero attached hydrogens (tertiary/aromatic N) is 1. The lowest BCUT2D eigenvalue weighted by Gasteiger charge is -2.19. The summed E-state index contributed by atoms with van der Waals surface area (Å²) in [4.78, 5) is 14.7. The van der Waals surface area contributed by atoms with Crippen LogP contribution < -0.4 is 0 Å². The third kappa shape index (κ3) is 2.05. The van der Waals surface area contributed by atoms with Gasteiger partial charge in [-0.05, 0) is 17.0 Å². The van der Waals surface area contributed by atoms with E-state index in [1.54, 1.807) is 12.1 Å². The maximum absolute atomic E-state index is 10.8. The van der Waals surface area contributed by atoms with Gasteiger partial charge < -0.3 is 5.11 Å². The highest BCUT2D eigenvalue weighted by atomic mass is 16.4. The number of rotatable bonds is 1. The van der Waals surface area contributed by atoms with Crippen LogP contribution in [0.2, 0.25) is 0 Å². The fourth-order valence-electron chi connectivity index (χ4n) is 1.18. The van der Waals surface area contributed by atoms with E-state index in [0.29, 0.717) is 0 Å². The van der Waals surface area contributed by atoms with E-state index in [9.17, 15) is 4.79 Å². The summed E-state index contributed by atoms with van der Waals surface area (Å²) in [7, 11) is 0. The lowest BCUT2D eigenvalue weighted by molar-refractivity contribution is 0.0687. The summed E-state index contributed by atoms with van der Waals surface area (Å²) < 4.78 is 0. The number of pyridine rings is 1. The van der Waals surface area contributed by atoms with Crippen LogP contribution in [0.3, 0.4) is 0 Å². The molecule has 1 aromatic heterocycles. The zero-order valence-corrected chi connectivity index (χ0v) is 8.03. The number of hydrogen-bond acceptors (Lipinski definition) is 2. The SMILES string of the molecule is CC(C)(C)c1cccnc1C(=O)O. The molecule has 0 fully saturated rings. The monoisotopic (exact) mass is 179 g/mol. The molecule has 0 aromatic carbocycles. The molecule has 1 N–H and O–H groups in total. The zero-order chi connectivity index (χ0) is 10.1. The van der Waals surface area contributed by atoms with Crippen molar-refractivity contribution in [2.45, 2.75) is 26.2 Å². The largest absolute Gasteiger partial charge is 0.477 e. The van der Waals surface area contributed by atoms with E-state index in [0.717, 1.165) is 5.56 Å². The number of carboxylic acids is 1. The normalized spacial score (nSPS) is 11.3. The number of carbonyl (C=O) groups is 1. The van der Waals surface area contributed by atoms with Crippen LogP contribution in [-0.4, -0.2) is 16.1 Å². The van der Waals surface area contributed by atoms with E-state index < -0.39 is 5.97 Å². The summed E-state index contributed by atoms with van der Waals surface area (Å²) in [6, 6.07) is 3.56. The van der Waals surface area contributed by atoms with Gasteiger partial charge in [0.05, 0.1) is 0 Å². The van der Waals surface area contributed by atoms with Crippen molar-refractivity contribution < 1.29 is 9.90 Å². The lowest BCUT2D eigenvalue weighted by Crippen LogP contribution is -2.17. The van der Waals surface area contributed by atoms with Crippen LogP contribution in [0.15, 0.2) is 18.3 Å². The first-order valence-corrected chi connectivity index (χ1v) is 4.11. The van der Waals surface area contributed by atoms with E-state index >= 15 is 0 Å². The molecule has 3 nitrogen and oxygen atoms in total. The topological polar surface area (TPSA) is 50.2 Å².